The molecule has 0 saturated carbocycles. The molecule has 88 valence electrons. The van der Waals surface area contributed by atoms with Gasteiger partial charge in [-0.15, -0.1) is 0 Å². The van der Waals surface area contributed by atoms with E-state index in [-0.39, 0.29) is 0 Å². The summed E-state index contributed by atoms with van der Waals surface area (Å²) in [4.78, 5) is 0. The number of halogens is 2. The fraction of sp³-hybridized carbons (Fsp3) is 0.333. The maximum atomic E-state index is 6.08. The van der Waals surface area contributed by atoms with Crippen LogP contribution in [0.1, 0.15) is 12.5 Å². The Morgan fingerprint density at radius 2 is 2.25 bits per heavy atom. The maximum absolute atomic E-state index is 6.08. The molecule has 0 saturated heterocycles. The molecule has 1 aromatic carbocycles. The Kier molecular flexibility index (Phi) is 6.31. The normalized spacial score (nSPS) is 10.9. The minimum atomic E-state index is 0.426. The van der Waals surface area contributed by atoms with Gasteiger partial charge in [-0.05, 0) is 30.3 Å². The summed E-state index contributed by atoms with van der Waals surface area (Å²) in [6.45, 7) is 4.25. The van der Waals surface area contributed by atoms with E-state index in [1.807, 2.05) is 18.2 Å². The standard InChI is InChI=1S/C12H15Cl2NO/c1-2-15-9-10-4-5-12(11(14)8-10)16-7-3-6-13/h3-6,8,15H,2,7,9H2,1H3. The number of hydrogen-bond donors (Lipinski definition) is 1. The molecule has 0 unspecified atom stereocenters. The molecular weight excluding hydrogens is 245 g/mol. The maximum Gasteiger partial charge on any atom is 0.138 e. The monoisotopic (exact) mass is 259 g/mol. The summed E-state index contributed by atoms with van der Waals surface area (Å²) >= 11 is 11.5. The van der Waals surface area contributed by atoms with Crippen LogP contribution in [0.15, 0.2) is 29.8 Å². The van der Waals surface area contributed by atoms with Crippen molar-refractivity contribution in [1.29, 1.82) is 0 Å². The number of benzene rings is 1. The fourth-order valence-corrected chi connectivity index (χ4v) is 1.55. The molecule has 0 radical (unpaired) electrons. The Labute approximate surface area is 106 Å². The molecule has 0 aliphatic carbocycles. The minimum absolute atomic E-state index is 0.426. The lowest BCUT2D eigenvalue weighted by molar-refractivity contribution is 0.363. The summed E-state index contributed by atoms with van der Waals surface area (Å²) in [5.74, 6) is 0.677. The van der Waals surface area contributed by atoms with Crippen LogP contribution in [0.2, 0.25) is 5.02 Å². The Morgan fingerprint density at radius 3 is 2.88 bits per heavy atom. The van der Waals surface area contributed by atoms with E-state index in [9.17, 15) is 0 Å². The van der Waals surface area contributed by atoms with Gasteiger partial charge in [0, 0.05) is 12.1 Å². The molecule has 4 heteroatoms. The molecule has 0 atom stereocenters. The van der Waals surface area contributed by atoms with Gasteiger partial charge in [-0.25, -0.2) is 0 Å². The highest BCUT2D eigenvalue weighted by molar-refractivity contribution is 6.32. The molecule has 16 heavy (non-hydrogen) atoms. The summed E-state index contributed by atoms with van der Waals surface area (Å²) in [5.41, 5.74) is 2.57. The Bertz CT molecular complexity index is 353. The van der Waals surface area contributed by atoms with Crippen molar-refractivity contribution in [2.45, 2.75) is 13.5 Å². The molecule has 0 spiro atoms. The average molecular weight is 260 g/mol. The molecule has 0 heterocycles. The first kappa shape index (κ1) is 13.4. The van der Waals surface area contributed by atoms with Crippen molar-refractivity contribution in [3.63, 3.8) is 0 Å². The smallest absolute Gasteiger partial charge is 0.138 e. The molecule has 0 aliphatic heterocycles. The van der Waals surface area contributed by atoms with Crippen LogP contribution in [0, 0.1) is 0 Å². The molecule has 0 aliphatic rings. The van der Waals surface area contributed by atoms with Crippen molar-refractivity contribution in [3.05, 3.63) is 40.4 Å². The highest BCUT2D eigenvalue weighted by atomic mass is 35.5. The second-order valence-electron chi connectivity index (χ2n) is 3.22. The van der Waals surface area contributed by atoms with Crippen LogP contribution in [0.25, 0.3) is 0 Å². The van der Waals surface area contributed by atoms with Gasteiger partial charge in [-0.3, -0.25) is 0 Å². The van der Waals surface area contributed by atoms with Crippen LogP contribution >= 0.6 is 23.2 Å². The largest absolute Gasteiger partial charge is 0.488 e. The van der Waals surface area contributed by atoms with Crippen LogP contribution in [0.5, 0.6) is 5.75 Å². The number of ether oxygens (including phenoxy) is 1. The van der Waals surface area contributed by atoms with Gasteiger partial charge in [0.2, 0.25) is 0 Å². The number of hydrogen-bond acceptors (Lipinski definition) is 2. The van der Waals surface area contributed by atoms with E-state index in [2.05, 4.69) is 12.2 Å². The van der Waals surface area contributed by atoms with Crippen molar-refractivity contribution in [3.8, 4) is 5.75 Å². The Morgan fingerprint density at radius 1 is 1.44 bits per heavy atom. The summed E-state index contributed by atoms with van der Waals surface area (Å²) in [6.07, 6.45) is 1.71. The van der Waals surface area contributed by atoms with E-state index in [0.29, 0.717) is 17.4 Å². The van der Waals surface area contributed by atoms with E-state index in [0.717, 1.165) is 18.7 Å². The van der Waals surface area contributed by atoms with Crippen molar-refractivity contribution >= 4 is 23.2 Å². The van der Waals surface area contributed by atoms with Crippen molar-refractivity contribution in [1.82, 2.24) is 5.32 Å². The predicted octanol–water partition coefficient (Wildman–Crippen LogP) is 3.58. The van der Waals surface area contributed by atoms with E-state index in [4.69, 9.17) is 27.9 Å². The zero-order valence-electron chi connectivity index (χ0n) is 9.17. The van der Waals surface area contributed by atoms with Crippen molar-refractivity contribution in [2.75, 3.05) is 13.2 Å². The highest BCUT2D eigenvalue weighted by Crippen LogP contribution is 2.25. The number of rotatable bonds is 6. The zero-order valence-corrected chi connectivity index (χ0v) is 10.7. The molecular formula is C12H15Cl2NO. The van der Waals surface area contributed by atoms with Gasteiger partial charge in [-0.1, -0.05) is 36.2 Å². The predicted molar refractivity (Wildman–Crippen MR) is 69.3 cm³/mol. The molecule has 0 bridgehead atoms. The lowest BCUT2D eigenvalue weighted by Crippen LogP contribution is -2.11. The fourth-order valence-electron chi connectivity index (χ4n) is 1.21. The highest BCUT2D eigenvalue weighted by Gasteiger charge is 2.02. The lowest BCUT2D eigenvalue weighted by atomic mass is 10.2. The Hall–Kier alpha value is -0.700. The van der Waals surface area contributed by atoms with Gasteiger partial charge < -0.3 is 10.1 Å². The third-order valence-electron chi connectivity index (χ3n) is 2.00. The third kappa shape index (κ3) is 4.44. The molecule has 1 N–H and O–H groups in total. The van der Waals surface area contributed by atoms with Crippen LogP contribution in [0.4, 0.5) is 0 Å². The van der Waals surface area contributed by atoms with Crippen molar-refractivity contribution in [2.24, 2.45) is 0 Å². The van der Waals surface area contributed by atoms with Gasteiger partial charge >= 0.3 is 0 Å². The number of nitrogens with one attached hydrogen (secondary N) is 1. The summed E-state index contributed by atoms with van der Waals surface area (Å²) in [6, 6.07) is 5.77. The topological polar surface area (TPSA) is 21.3 Å². The van der Waals surface area contributed by atoms with Gasteiger partial charge in [0.1, 0.15) is 12.4 Å². The van der Waals surface area contributed by atoms with Crippen molar-refractivity contribution < 1.29 is 4.74 Å². The second-order valence-corrected chi connectivity index (χ2v) is 3.88. The first-order valence-electron chi connectivity index (χ1n) is 5.15. The van der Waals surface area contributed by atoms with Gasteiger partial charge in [0.25, 0.3) is 0 Å². The molecule has 0 amide bonds. The quantitative estimate of drug-likeness (QED) is 0.844. The minimum Gasteiger partial charge on any atom is -0.488 e. The van der Waals surface area contributed by atoms with E-state index in [1.54, 1.807) is 6.08 Å². The molecule has 0 aromatic heterocycles. The van der Waals surface area contributed by atoms with Crippen LogP contribution in [-0.2, 0) is 6.54 Å². The average Bonchev–Trinajstić information content (AvgIpc) is 2.29. The van der Waals surface area contributed by atoms with Crippen LogP contribution in [0.3, 0.4) is 0 Å². The summed E-state index contributed by atoms with van der Waals surface area (Å²) < 4.78 is 5.41. The second kappa shape index (κ2) is 7.55. The molecule has 1 rings (SSSR count). The van der Waals surface area contributed by atoms with Gasteiger partial charge in [-0.2, -0.15) is 0 Å². The molecule has 0 fully saturated rings. The van der Waals surface area contributed by atoms with E-state index >= 15 is 0 Å². The van der Waals surface area contributed by atoms with E-state index in [1.165, 1.54) is 5.54 Å². The van der Waals surface area contributed by atoms with Crippen LogP contribution < -0.4 is 10.1 Å². The van der Waals surface area contributed by atoms with E-state index < -0.39 is 0 Å². The summed E-state index contributed by atoms with van der Waals surface area (Å²) in [7, 11) is 0. The molecule has 1 aromatic rings. The van der Waals surface area contributed by atoms with Gasteiger partial charge in [0.15, 0.2) is 0 Å². The first-order chi connectivity index (χ1) is 7.77. The van der Waals surface area contributed by atoms with Crippen LogP contribution in [-0.4, -0.2) is 13.2 Å². The SMILES string of the molecule is CCNCc1ccc(OCC=CCl)c(Cl)c1. The first-order valence-corrected chi connectivity index (χ1v) is 5.96. The zero-order chi connectivity index (χ0) is 11.8. The lowest BCUT2D eigenvalue weighted by Gasteiger charge is -2.08. The third-order valence-corrected chi connectivity index (χ3v) is 2.47. The molecule has 2 nitrogen and oxygen atoms in total. The van der Waals surface area contributed by atoms with Gasteiger partial charge in [0.05, 0.1) is 5.02 Å². The Balaban J connectivity index is 2.60. The summed E-state index contributed by atoms with van der Waals surface area (Å²) in [5, 5.41) is 3.86.